The molecule has 0 unspecified atom stereocenters. The van der Waals surface area contributed by atoms with E-state index in [0.717, 1.165) is 49.4 Å². The largest absolute Gasteiger partial charge is 0.393 e. The van der Waals surface area contributed by atoms with Crippen molar-refractivity contribution >= 4 is 0 Å². The standard InChI is InChI=1S/C26H32N4O2/c1-26(32,18-31)22-6-5-13-29(16-22)15-21-12-11-20(14-24(21)19-9-10-19)25-17-30(28-27-25)23-7-3-2-4-8-23/h2-4,7-8,11-12,14,17,19,22,31-32H,5-6,9-10,13,15-16,18H2,1H3/t22-,26+/m0/s1. The molecule has 0 bridgehead atoms. The van der Waals surface area contributed by atoms with Crippen molar-refractivity contribution in [1.29, 1.82) is 0 Å². The van der Waals surface area contributed by atoms with Gasteiger partial charge in [0, 0.05) is 24.6 Å². The molecular weight excluding hydrogens is 400 g/mol. The van der Waals surface area contributed by atoms with E-state index in [1.54, 1.807) is 6.92 Å². The summed E-state index contributed by atoms with van der Waals surface area (Å²) >= 11 is 0. The highest BCUT2D eigenvalue weighted by Gasteiger charge is 2.35. The van der Waals surface area contributed by atoms with Gasteiger partial charge in [0.15, 0.2) is 0 Å². The zero-order valence-electron chi connectivity index (χ0n) is 18.7. The summed E-state index contributed by atoms with van der Waals surface area (Å²) in [6.45, 7) is 4.33. The van der Waals surface area contributed by atoms with Crippen LogP contribution in [0.2, 0.25) is 0 Å². The Balaban J connectivity index is 1.36. The zero-order chi connectivity index (χ0) is 22.1. The number of para-hydroxylation sites is 1. The van der Waals surface area contributed by atoms with Crippen molar-refractivity contribution in [3.05, 3.63) is 65.9 Å². The van der Waals surface area contributed by atoms with Crippen LogP contribution in [0, 0.1) is 5.92 Å². The van der Waals surface area contributed by atoms with Gasteiger partial charge < -0.3 is 10.2 Å². The molecule has 2 fully saturated rings. The smallest absolute Gasteiger partial charge is 0.113 e. The maximum Gasteiger partial charge on any atom is 0.113 e. The van der Waals surface area contributed by atoms with Crippen molar-refractivity contribution in [2.75, 3.05) is 19.7 Å². The first kappa shape index (κ1) is 21.3. The van der Waals surface area contributed by atoms with Crippen LogP contribution >= 0.6 is 0 Å². The maximum absolute atomic E-state index is 10.5. The van der Waals surface area contributed by atoms with Gasteiger partial charge in [0.05, 0.1) is 24.1 Å². The van der Waals surface area contributed by atoms with Crippen LogP contribution in [0.3, 0.4) is 0 Å². The lowest BCUT2D eigenvalue weighted by Gasteiger charge is -2.39. The van der Waals surface area contributed by atoms with E-state index in [1.165, 1.54) is 24.0 Å². The Hall–Kier alpha value is -2.54. The third-order valence-corrected chi connectivity index (χ3v) is 7.07. The molecule has 1 aliphatic carbocycles. The molecule has 5 rings (SSSR count). The second kappa shape index (κ2) is 8.77. The van der Waals surface area contributed by atoms with Gasteiger partial charge in [-0.15, -0.1) is 5.10 Å². The minimum Gasteiger partial charge on any atom is -0.393 e. The highest BCUT2D eigenvalue weighted by molar-refractivity contribution is 5.61. The third-order valence-electron chi connectivity index (χ3n) is 7.07. The Morgan fingerprint density at radius 3 is 2.66 bits per heavy atom. The van der Waals surface area contributed by atoms with Crippen LogP contribution in [-0.4, -0.2) is 55.4 Å². The van der Waals surface area contributed by atoms with Crippen molar-refractivity contribution < 1.29 is 10.2 Å². The minimum atomic E-state index is -1.01. The topological polar surface area (TPSA) is 74.4 Å². The summed E-state index contributed by atoms with van der Waals surface area (Å²) in [5.74, 6) is 0.744. The SMILES string of the molecule is C[C@@](O)(CO)[C@H]1CCCN(Cc2ccc(-c3cn(-c4ccccc4)nn3)cc2C2CC2)C1. The van der Waals surface area contributed by atoms with Crippen molar-refractivity contribution in [3.8, 4) is 16.9 Å². The van der Waals surface area contributed by atoms with E-state index in [1.807, 2.05) is 41.2 Å². The fourth-order valence-electron chi connectivity index (χ4n) is 4.85. The number of aromatic nitrogens is 3. The molecule has 1 saturated carbocycles. The molecule has 6 nitrogen and oxygen atoms in total. The lowest BCUT2D eigenvalue weighted by Crippen LogP contribution is -2.47. The molecular formula is C26H32N4O2. The highest BCUT2D eigenvalue weighted by atomic mass is 16.3. The first-order valence-corrected chi connectivity index (χ1v) is 11.7. The molecule has 168 valence electrons. The number of piperidine rings is 1. The van der Waals surface area contributed by atoms with E-state index in [0.29, 0.717) is 5.92 Å². The Morgan fingerprint density at radius 1 is 1.09 bits per heavy atom. The lowest BCUT2D eigenvalue weighted by atomic mass is 9.83. The third kappa shape index (κ3) is 4.49. The molecule has 2 heterocycles. The molecule has 0 amide bonds. The normalized spacial score (nSPS) is 21.4. The van der Waals surface area contributed by atoms with Crippen LogP contribution < -0.4 is 0 Å². The van der Waals surface area contributed by atoms with Gasteiger partial charge in [-0.2, -0.15) is 0 Å². The number of aliphatic hydroxyl groups is 2. The Morgan fingerprint density at radius 2 is 1.91 bits per heavy atom. The van der Waals surface area contributed by atoms with E-state index in [2.05, 4.69) is 33.4 Å². The molecule has 2 atom stereocenters. The Labute approximate surface area is 189 Å². The van der Waals surface area contributed by atoms with Crippen LogP contribution in [0.4, 0.5) is 0 Å². The van der Waals surface area contributed by atoms with Crippen LogP contribution in [0.5, 0.6) is 0 Å². The van der Waals surface area contributed by atoms with Gasteiger partial charge in [-0.3, -0.25) is 4.90 Å². The quantitative estimate of drug-likeness (QED) is 0.595. The Kier molecular flexibility index (Phi) is 5.84. The fourth-order valence-corrected chi connectivity index (χ4v) is 4.85. The number of hydrogen-bond acceptors (Lipinski definition) is 5. The van der Waals surface area contributed by atoms with Crippen molar-refractivity contribution in [1.82, 2.24) is 19.9 Å². The predicted octanol–water partition coefficient (Wildman–Crippen LogP) is 3.77. The van der Waals surface area contributed by atoms with E-state index < -0.39 is 5.60 Å². The van der Waals surface area contributed by atoms with Gasteiger partial charge in [-0.25, -0.2) is 4.68 Å². The molecule has 2 aromatic carbocycles. The van der Waals surface area contributed by atoms with E-state index >= 15 is 0 Å². The lowest BCUT2D eigenvalue weighted by molar-refractivity contribution is -0.0697. The average Bonchev–Trinajstić information content (AvgIpc) is 3.56. The van der Waals surface area contributed by atoms with E-state index in [-0.39, 0.29) is 12.5 Å². The number of hydrogen-bond donors (Lipinski definition) is 2. The summed E-state index contributed by atoms with van der Waals surface area (Å²) in [5, 5.41) is 28.9. The molecule has 6 heteroatoms. The fraction of sp³-hybridized carbons (Fsp3) is 0.462. The molecule has 3 aromatic rings. The number of benzene rings is 2. The maximum atomic E-state index is 10.5. The first-order chi connectivity index (χ1) is 15.5. The molecule has 2 N–H and O–H groups in total. The summed E-state index contributed by atoms with van der Waals surface area (Å²) in [4.78, 5) is 2.44. The molecule has 1 aliphatic heterocycles. The summed E-state index contributed by atoms with van der Waals surface area (Å²) in [6, 6.07) is 16.8. The average molecular weight is 433 g/mol. The molecule has 0 radical (unpaired) electrons. The zero-order valence-corrected chi connectivity index (χ0v) is 18.7. The predicted molar refractivity (Wildman–Crippen MR) is 124 cm³/mol. The second-order valence-electron chi connectivity index (χ2n) is 9.66. The number of rotatable bonds is 7. The van der Waals surface area contributed by atoms with E-state index in [4.69, 9.17) is 0 Å². The van der Waals surface area contributed by atoms with Crippen LogP contribution in [0.15, 0.2) is 54.7 Å². The van der Waals surface area contributed by atoms with Gasteiger partial charge in [0.2, 0.25) is 0 Å². The van der Waals surface area contributed by atoms with E-state index in [9.17, 15) is 10.2 Å². The first-order valence-electron chi connectivity index (χ1n) is 11.7. The summed E-state index contributed by atoms with van der Waals surface area (Å²) < 4.78 is 1.82. The molecule has 1 aromatic heterocycles. The van der Waals surface area contributed by atoms with Gasteiger partial charge in [0.25, 0.3) is 0 Å². The molecule has 32 heavy (non-hydrogen) atoms. The minimum absolute atomic E-state index is 0.109. The number of likely N-dealkylation sites (tertiary alicyclic amines) is 1. The summed E-state index contributed by atoms with van der Waals surface area (Å²) in [7, 11) is 0. The number of aliphatic hydroxyl groups excluding tert-OH is 1. The second-order valence-corrected chi connectivity index (χ2v) is 9.66. The van der Waals surface area contributed by atoms with Crippen LogP contribution in [-0.2, 0) is 6.54 Å². The number of nitrogens with zero attached hydrogens (tertiary/aromatic N) is 4. The highest BCUT2D eigenvalue weighted by Crippen LogP contribution is 2.43. The summed E-state index contributed by atoms with van der Waals surface area (Å²) in [5.41, 5.74) is 4.79. The van der Waals surface area contributed by atoms with Crippen molar-refractivity contribution in [2.24, 2.45) is 5.92 Å². The molecule has 2 aliphatic rings. The van der Waals surface area contributed by atoms with Crippen LogP contribution in [0.25, 0.3) is 16.9 Å². The van der Waals surface area contributed by atoms with Crippen LogP contribution in [0.1, 0.15) is 49.7 Å². The molecule has 0 spiro atoms. The van der Waals surface area contributed by atoms with Crippen molar-refractivity contribution in [3.63, 3.8) is 0 Å². The monoisotopic (exact) mass is 432 g/mol. The van der Waals surface area contributed by atoms with Gasteiger partial charge >= 0.3 is 0 Å². The van der Waals surface area contributed by atoms with Gasteiger partial charge in [-0.1, -0.05) is 35.5 Å². The molecule has 1 saturated heterocycles. The van der Waals surface area contributed by atoms with Gasteiger partial charge in [0.1, 0.15) is 5.69 Å². The Bertz CT molecular complexity index is 1060. The summed E-state index contributed by atoms with van der Waals surface area (Å²) in [6.07, 6.45) is 6.51. The van der Waals surface area contributed by atoms with Gasteiger partial charge in [-0.05, 0) is 74.4 Å². The van der Waals surface area contributed by atoms with Crippen molar-refractivity contribution in [2.45, 2.75) is 50.7 Å².